The number of hydrogen-bond donors (Lipinski definition) is 1. The number of halogens is 4. The smallest absolute Gasteiger partial charge is 0.416 e. The van der Waals surface area contributed by atoms with Crippen molar-refractivity contribution in [2.75, 3.05) is 5.32 Å². The van der Waals surface area contributed by atoms with E-state index in [4.69, 9.17) is 16.3 Å². The molecule has 0 spiro atoms. The Morgan fingerprint density at radius 2 is 1.56 bits per heavy atom. The maximum Gasteiger partial charge on any atom is 0.416 e. The number of amides is 1. The van der Waals surface area contributed by atoms with Gasteiger partial charge in [-0.3, -0.25) is 14.9 Å². The van der Waals surface area contributed by atoms with Crippen LogP contribution in [0.5, 0.6) is 11.5 Å². The molecule has 36 heavy (non-hydrogen) atoms. The molecule has 0 fully saturated rings. The molecule has 0 aliphatic carbocycles. The summed E-state index contributed by atoms with van der Waals surface area (Å²) in [5.74, 6) is -0.684. The Morgan fingerprint density at radius 3 is 2.19 bits per heavy atom. The molecular formula is C26H16ClF3N2O4. The predicted octanol–water partition coefficient (Wildman–Crippen LogP) is 7.98. The molecule has 182 valence electrons. The van der Waals surface area contributed by atoms with Crippen LogP contribution in [0.3, 0.4) is 0 Å². The van der Waals surface area contributed by atoms with Crippen molar-refractivity contribution in [1.29, 1.82) is 0 Å². The SMILES string of the molecule is O=C(Nc1cc(C(F)(F)F)ccc1Oc1ccc(-c2ccccc2)cc1)c1cc([N+](=O)[O-])ccc1Cl. The third-order valence-electron chi connectivity index (χ3n) is 5.15. The Morgan fingerprint density at radius 1 is 0.889 bits per heavy atom. The highest BCUT2D eigenvalue weighted by Gasteiger charge is 2.31. The highest BCUT2D eigenvalue weighted by molar-refractivity contribution is 6.34. The van der Waals surface area contributed by atoms with E-state index in [1.165, 1.54) is 0 Å². The fraction of sp³-hybridized carbons (Fsp3) is 0.0385. The number of alkyl halides is 3. The second-order valence-corrected chi connectivity index (χ2v) is 7.98. The molecule has 0 unspecified atom stereocenters. The first-order valence-electron chi connectivity index (χ1n) is 10.4. The fourth-order valence-corrected chi connectivity index (χ4v) is 3.56. The number of nitro benzene ring substituents is 1. The molecule has 10 heteroatoms. The Bertz CT molecular complexity index is 1430. The predicted molar refractivity (Wildman–Crippen MR) is 129 cm³/mol. The van der Waals surface area contributed by atoms with E-state index in [2.05, 4.69) is 5.32 Å². The molecule has 0 bridgehead atoms. The third-order valence-corrected chi connectivity index (χ3v) is 5.48. The zero-order valence-electron chi connectivity index (χ0n) is 18.3. The number of nitrogens with zero attached hydrogens (tertiary/aromatic N) is 1. The lowest BCUT2D eigenvalue weighted by atomic mass is 10.1. The second kappa shape index (κ2) is 10.1. The number of nitrogens with one attached hydrogen (secondary N) is 1. The van der Waals surface area contributed by atoms with Gasteiger partial charge in [0.15, 0.2) is 5.75 Å². The Labute approximate surface area is 208 Å². The van der Waals surface area contributed by atoms with Crippen LogP contribution in [0, 0.1) is 10.1 Å². The molecule has 4 rings (SSSR count). The monoisotopic (exact) mass is 512 g/mol. The Hall–Kier alpha value is -4.37. The lowest BCUT2D eigenvalue weighted by Gasteiger charge is -2.16. The molecule has 0 aromatic heterocycles. The highest BCUT2D eigenvalue weighted by atomic mass is 35.5. The first kappa shape index (κ1) is 24.7. The number of carbonyl (C=O) groups excluding carboxylic acids is 1. The molecule has 4 aromatic rings. The van der Waals surface area contributed by atoms with Crippen LogP contribution in [0.4, 0.5) is 24.5 Å². The van der Waals surface area contributed by atoms with E-state index in [-0.39, 0.29) is 22.0 Å². The van der Waals surface area contributed by atoms with Gasteiger partial charge in [0, 0.05) is 12.1 Å². The molecule has 4 aromatic carbocycles. The van der Waals surface area contributed by atoms with Gasteiger partial charge in [-0.2, -0.15) is 13.2 Å². The van der Waals surface area contributed by atoms with Gasteiger partial charge in [-0.25, -0.2) is 0 Å². The van der Waals surface area contributed by atoms with Crippen molar-refractivity contribution >= 4 is 28.9 Å². The van der Waals surface area contributed by atoms with E-state index in [9.17, 15) is 28.1 Å². The minimum atomic E-state index is -4.68. The van der Waals surface area contributed by atoms with E-state index in [1.807, 2.05) is 30.3 Å². The molecule has 0 aliphatic heterocycles. The van der Waals surface area contributed by atoms with Crippen molar-refractivity contribution in [2.24, 2.45) is 0 Å². The number of ether oxygens (including phenoxy) is 1. The summed E-state index contributed by atoms with van der Waals surface area (Å²) in [6.45, 7) is 0. The highest BCUT2D eigenvalue weighted by Crippen LogP contribution is 2.38. The van der Waals surface area contributed by atoms with Gasteiger partial charge in [-0.1, -0.05) is 54.1 Å². The number of benzene rings is 4. The first-order chi connectivity index (χ1) is 17.1. The van der Waals surface area contributed by atoms with Crippen LogP contribution in [0.15, 0.2) is 91.0 Å². The first-order valence-corrected chi connectivity index (χ1v) is 10.8. The average Bonchev–Trinajstić information content (AvgIpc) is 2.85. The van der Waals surface area contributed by atoms with E-state index >= 15 is 0 Å². The summed E-state index contributed by atoms with van der Waals surface area (Å²) in [5.41, 5.74) is -0.103. The van der Waals surface area contributed by atoms with Crippen LogP contribution in [0.25, 0.3) is 11.1 Å². The van der Waals surface area contributed by atoms with Crippen molar-refractivity contribution in [2.45, 2.75) is 6.18 Å². The normalized spacial score (nSPS) is 11.1. The van der Waals surface area contributed by atoms with Gasteiger partial charge in [0.2, 0.25) is 0 Å². The summed E-state index contributed by atoms with van der Waals surface area (Å²) in [6.07, 6.45) is -4.68. The summed E-state index contributed by atoms with van der Waals surface area (Å²) >= 11 is 6.01. The molecule has 1 amide bonds. The van der Waals surface area contributed by atoms with E-state index in [0.717, 1.165) is 47.5 Å². The van der Waals surface area contributed by atoms with E-state index in [0.29, 0.717) is 5.75 Å². The van der Waals surface area contributed by atoms with Crippen LogP contribution in [-0.4, -0.2) is 10.8 Å². The van der Waals surface area contributed by atoms with Crippen LogP contribution in [0.2, 0.25) is 5.02 Å². The van der Waals surface area contributed by atoms with Gasteiger partial charge in [0.05, 0.1) is 26.8 Å². The molecule has 1 N–H and O–H groups in total. The lowest BCUT2D eigenvalue weighted by Crippen LogP contribution is -2.15. The number of nitro groups is 1. The molecule has 0 aliphatic rings. The molecule has 0 saturated heterocycles. The van der Waals surface area contributed by atoms with Crippen molar-refractivity contribution in [3.8, 4) is 22.6 Å². The van der Waals surface area contributed by atoms with Gasteiger partial charge in [-0.05, 0) is 47.5 Å². The van der Waals surface area contributed by atoms with Crippen LogP contribution in [0.1, 0.15) is 15.9 Å². The zero-order valence-corrected chi connectivity index (χ0v) is 19.0. The zero-order chi connectivity index (χ0) is 25.9. The number of non-ortho nitro benzene ring substituents is 1. The molecule has 0 radical (unpaired) electrons. The maximum atomic E-state index is 13.3. The summed E-state index contributed by atoms with van der Waals surface area (Å²) < 4.78 is 45.8. The maximum absolute atomic E-state index is 13.3. The molecule has 0 saturated carbocycles. The quantitative estimate of drug-likeness (QED) is 0.210. The lowest BCUT2D eigenvalue weighted by molar-refractivity contribution is -0.384. The van der Waals surface area contributed by atoms with Gasteiger partial charge in [0.25, 0.3) is 11.6 Å². The van der Waals surface area contributed by atoms with Crippen LogP contribution in [-0.2, 0) is 6.18 Å². The summed E-state index contributed by atoms with van der Waals surface area (Å²) in [7, 11) is 0. The molecule has 0 atom stereocenters. The van der Waals surface area contributed by atoms with Gasteiger partial charge >= 0.3 is 6.18 Å². The van der Waals surface area contributed by atoms with Crippen molar-refractivity contribution in [1.82, 2.24) is 0 Å². The van der Waals surface area contributed by atoms with Crippen molar-refractivity contribution in [3.63, 3.8) is 0 Å². The Kier molecular flexibility index (Phi) is 6.93. The minimum absolute atomic E-state index is 0.0645. The average molecular weight is 513 g/mol. The number of carbonyl (C=O) groups is 1. The summed E-state index contributed by atoms with van der Waals surface area (Å²) in [5, 5.41) is 13.3. The van der Waals surface area contributed by atoms with Crippen molar-refractivity contribution in [3.05, 3.63) is 117 Å². The topological polar surface area (TPSA) is 81.5 Å². The molecule has 0 heterocycles. The second-order valence-electron chi connectivity index (χ2n) is 7.58. The number of anilines is 1. The van der Waals surface area contributed by atoms with Gasteiger partial charge < -0.3 is 10.1 Å². The van der Waals surface area contributed by atoms with Gasteiger partial charge in [-0.15, -0.1) is 0 Å². The molecule has 6 nitrogen and oxygen atoms in total. The molecular weight excluding hydrogens is 497 g/mol. The fourth-order valence-electron chi connectivity index (χ4n) is 3.36. The number of hydrogen-bond acceptors (Lipinski definition) is 4. The van der Waals surface area contributed by atoms with Crippen molar-refractivity contribution < 1.29 is 27.6 Å². The van der Waals surface area contributed by atoms with Gasteiger partial charge in [0.1, 0.15) is 5.75 Å². The standard InChI is InChI=1S/C26H16ClF3N2O4/c27-22-12-9-19(32(34)35)15-21(22)25(33)31-23-14-18(26(28,29)30)8-13-24(23)36-20-10-6-17(7-11-20)16-4-2-1-3-5-16/h1-15H,(H,31,33). The third kappa shape index (κ3) is 5.64. The van der Waals surface area contributed by atoms with Crippen LogP contribution < -0.4 is 10.1 Å². The largest absolute Gasteiger partial charge is 0.455 e. The van der Waals surface area contributed by atoms with E-state index < -0.39 is 28.3 Å². The minimum Gasteiger partial charge on any atom is -0.455 e. The summed E-state index contributed by atoms with van der Waals surface area (Å²) in [6, 6.07) is 22.2. The number of rotatable bonds is 6. The van der Waals surface area contributed by atoms with Crippen LogP contribution >= 0.6 is 11.6 Å². The Balaban J connectivity index is 1.65. The van der Waals surface area contributed by atoms with E-state index in [1.54, 1.807) is 24.3 Å². The summed E-state index contributed by atoms with van der Waals surface area (Å²) in [4.78, 5) is 23.2.